The van der Waals surface area contributed by atoms with Gasteiger partial charge in [-0.1, -0.05) is 47.9 Å². The standard InChI is InChI=1S/C27H27ClN2O/c1-27(31)15-18-30(19-16-27)17-14-22-4-2-21(3-5-22)6-12-26-13-9-24(20-29-26)23-7-10-25(28)11-8-23/h2-5,7-11,13,20,31H,14-19H2,1H3. The Labute approximate surface area is 189 Å². The molecule has 0 radical (unpaired) electrons. The molecule has 1 N–H and O–H groups in total. The van der Waals surface area contributed by atoms with Crippen LogP contribution in [0.2, 0.25) is 5.02 Å². The van der Waals surface area contributed by atoms with Crippen LogP contribution in [0.4, 0.5) is 0 Å². The number of hydrogen-bond acceptors (Lipinski definition) is 3. The summed E-state index contributed by atoms with van der Waals surface area (Å²) in [7, 11) is 0. The van der Waals surface area contributed by atoms with E-state index in [1.807, 2.05) is 49.5 Å². The van der Waals surface area contributed by atoms with E-state index in [1.165, 1.54) is 5.56 Å². The number of aromatic nitrogens is 1. The minimum Gasteiger partial charge on any atom is -0.390 e. The molecule has 3 nitrogen and oxygen atoms in total. The van der Waals surface area contributed by atoms with Crippen LogP contribution < -0.4 is 0 Å². The summed E-state index contributed by atoms with van der Waals surface area (Å²) >= 11 is 5.95. The largest absolute Gasteiger partial charge is 0.390 e. The van der Waals surface area contributed by atoms with E-state index in [-0.39, 0.29) is 0 Å². The van der Waals surface area contributed by atoms with E-state index in [1.54, 1.807) is 0 Å². The van der Waals surface area contributed by atoms with Crippen molar-refractivity contribution >= 4 is 11.6 Å². The molecule has 2 heterocycles. The summed E-state index contributed by atoms with van der Waals surface area (Å²) in [5, 5.41) is 10.8. The average Bonchev–Trinajstić information content (AvgIpc) is 2.79. The maximum Gasteiger partial charge on any atom is 0.113 e. The first-order valence-electron chi connectivity index (χ1n) is 10.7. The number of likely N-dealkylation sites (tertiary alicyclic amines) is 1. The predicted octanol–water partition coefficient (Wildman–Crippen LogP) is 5.19. The number of rotatable bonds is 4. The summed E-state index contributed by atoms with van der Waals surface area (Å²) in [6.07, 6.45) is 4.58. The van der Waals surface area contributed by atoms with Crippen LogP contribution >= 0.6 is 11.6 Å². The normalized spacial score (nSPS) is 15.8. The van der Waals surface area contributed by atoms with Gasteiger partial charge in [-0.25, -0.2) is 4.98 Å². The van der Waals surface area contributed by atoms with Crippen molar-refractivity contribution in [3.8, 4) is 23.0 Å². The topological polar surface area (TPSA) is 36.4 Å². The number of hydrogen-bond donors (Lipinski definition) is 1. The predicted molar refractivity (Wildman–Crippen MR) is 127 cm³/mol. The molecule has 1 aliphatic rings. The van der Waals surface area contributed by atoms with Crippen LogP contribution in [0.15, 0.2) is 66.9 Å². The highest BCUT2D eigenvalue weighted by atomic mass is 35.5. The summed E-state index contributed by atoms with van der Waals surface area (Å²) in [6, 6.07) is 20.2. The van der Waals surface area contributed by atoms with Crippen molar-refractivity contribution in [2.75, 3.05) is 19.6 Å². The Balaban J connectivity index is 1.32. The maximum absolute atomic E-state index is 10.1. The van der Waals surface area contributed by atoms with Gasteiger partial charge < -0.3 is 10.0 Å². The van der Waals surface area contributed by atoms with Crippen molar-refractivity contribution in [2.45, 2.75) is 31.8 Å². The number of nitrogens with zero attached hydrogens (tertiary/aromatic N) is 2. The first kappa shape index (κ1) is 21.6. The third kappa shape index (κ3) is 6.18. The lowest BCUT2D eigenvalue weighted by Crippen LogP contribution is -2.43. The number of halogens is 1. The quantitative estimate of drug-likeness (QED) is 0.578. The van der Waals surface area contributed by atoms with E-state index in [0.717, 1.165) is 66.3 Å². The van der Waals surface area contributed by atoms with E-state index in [0.29, 0.717) is 0 Å². The van der Waals surface area contributed by atoms with Crippen molar-refractivity contribution < 1.29 is 5.11 Å². The third-order valence-corrected chi connectivity index (χ3v) is 6.13. The van der Waals surface area contributed by atoms with Crippen LogP contribution in [-0.4, -0.2) is 40.2 Å². The Bertz CT molecular complexity index is 1050. The van der Waals surface area contributed by atoms with E-state index in [4.69, 9.17) is 11.6 Å². The molecule has 2 aromatic carbocycles. The fourth-order valence-corrected chi connectivity index (χ4v) is 3.84. The molecule has 4 rings (SSSR count). The van der Waals surface area contributed by atoms with Gasteiger partial charge in [-0.2, -0.15) is 0 Å². The van der Waals surface area contributed by atoms with Crippen molar-refractivity contribution in [1.29, 1.82) is 0 Å². The van der Waals surface area contributed by atoms with E-state index >= 15 is 0 Å². The lowest BCUT2D eigenvalue weighted by molar-refractivity contribution is -0.00491. The molecule has 1 aliphatic heterocycles. The van der Waals surface area contributed by atoms with Gasteiger partial charge in [0.2, 0.25) is 0 Å². The Kier molecular flexibility index (Phi) is 6.73. The zero-order valence-electron chi connectivity index (χ0n) is 17.8. The van der Waals surface area contributed by atoms with Gasteiger partial charge >= 0.3 is 0 Å². The van der Waals surface area contributed by atoms with Gasteiger partial charge in [0.05, 0.1) is 5.60 Å². The third-order valence-electron chi connectivity index (χ3n) is 5.88. The zero-order valence-corrected chi connectivity index (χ0v) is 18.6. The molecule has 0 saturated carbocycles. The fraction of sp³-hybridized carbons (Fsp3) is 0.296. The summed E-state index contributed by atoms with van der Waals surface area (Å²) in [4.78, 5) is 6.91. The van der Waals surface area contributed by atoms with Crippen molar-refractivity contribution in [3.63, 3.8) is 0 Å². The Morgan fingerprint density at radius 3 is 2.26 bits per heavy atom. The maximum atomic E-state index is 10.1. The minimum absolute atomic E-state index is 0.484. The Hall–Kier alpha value is -2.64. The molecule has 1 aromatic heterocycles. The van der Waals surface area contributed by atoms with E-state index < -0.39 is 5.60 Å². The lowest BCUT2D eigenvalue weighted by Gasteiger charge is -2.35. The number of pyridine rings is 1. The van der Waals surface area contributed by atoms with Crippen molar-refractivity contribution in [3.05, 3.63) is 88.7 Å². The second kappa shape index (κ2) is 9.66. The van der Waals surface area contributed by atoms with Gasteiger partial charge in [-0.15, -0.1) is 0 Å². The van der Waals surface area contributed by atoms with Crippen LogP contribution in [0.3, 0.4) is 0 Å². The molecule has 0 aliphatic carbocycles. The molecule has 0 unspecified atom stereocenters. The van der Waals surface area contributed by atoms with Crippen molar-refractivity contribution in [2.24, 2.45) is 0 Å². The summed E-state index contributed by atoms with van der Waals surface area (Å²) in [5.41, 5.74) is 4.70. The minimum atomic E-state index is -0.484. The smallest absolute Gasteiger partial charge is 0.113 e. The number of aliphatic hydroxyl groups is 1. The van der Waals surface area contributed by atoms with Crippen LogP contribution in [-0.2, 0) is 6.42 Å². The Morgan fingerprint density at radius 2 is 1.61 bits per heavy atom. The van der Waals surface area contributed by atoms with Gasteiger partial charge in [-0.05, 0) is 73.6 Å². The van der Waals surface area contributed by atoms with Crippen LogP contribution in [0.25, 0.3) is 11.1 Å². The van der Waals surface area contributed by atoms with Gasteiger partial charge in [0, 0.05) is 42.0 Å². The summed E-state index contributed by atoms with van der Waals surface area (Å²) in [5.74, 6) is 6.35. The number of benzene rings is 2. The van der Waals surface area contributed by atoms with Gasteiger partial charge in [0.15, 0.2) is 0 Å². The molecular formula is C27H27ClN2O. The van der Waals surface area contributed by atoms with Crippen LogP contribution in [0, 0.1) is 11.8 Å². The first-order valence-corrected chi connectivity index (χ1v) is 11.1. The van der Waals surface area contributed by atoms with Gasteiger partial charge in [0.1, 0.15) is 5.69 Å². The van der Waals surface area contributed by atoms with Crippen LogP contribution in [0.1, 0.15) is 36.6 Å². The highest BCUT2D eigenvalue weighted by Crippen LogP contribution is 2.22. The second-order valence-electron chi connectivity index (χ2n) is 8.47. The summed E-state index contributed by atoms with van der Waals surface area (Å²) in [6.45, 7) is 4.92. The number of piperidine rings is 1. The SMILES string of the molecule is CC1(O)CCN(CCc2ccc(C#Cc3ccc(-c4ccc(Cl)cc4)cn3)cc2)CC1. The Morgan fingerprint density at radius 1 is 0.935 bits per heavy atom. The van der Waals surface area contributed by atoms with Gasteiger partial charge in [-0.3, -0.25) is 0 Å². The zero-order chi connectivity index (χ0) is 21.7. The average molecular weight is 431 g/mol. The molecule has 0 atom stereocenters. The monoisotopic (exact) mass is 430 g/mol. The molecule has 31 heavy (non-hydrogen) atoms. The molecule has 1 fully saturated rings. The molecular weight excluding hydrogens is 404 g/mol. The second-order valence-corrected chi connectivity index (χ2v) is 8.91. The highest BCUT2D eigenvalue weighted by molar-refractivity contribution is 6.30. The molecule has 4 heteroatoms. The van der Waals surface area contributed by atoms with E-state index in [9.17, 15) is 5.11 Å². The lowest BCUT2D eigenvalue weighted by atomic mass is 9.93. The fourth-order valence-electron chi connectivity index (χ4n) is 3.72. The molecule has 1 saturated heterocycles. The molecule has 0 bridgehead atoms. The van der Waals surface area contributed by atoms with E-state index in [2.05, 4.69) is 46.0 Å². The molecule has 158 valence electrons. The van der Waals surface area contributed by atoms with Gasteiger partial charge in [0.25, 0.3) is 0 Å². The van der Waals surface area contributed by atoms with Crippen LogP contribution in [0.5, 0.6) is 0 Å². The molecule has 0 spiro atoms. The summed E-state index contributed by atoms with van der Waals surface area (Å²) < 4.78 is 0. The highest BCUT2D eigenvalue weighted by Gasteiger charge is 2.26. The van der Waals surface area contributed by atoms with Crippen molar-refractivity contribution in [1.82, 2.24) is 9.88 Å². The molecule has 3 aromatic rings. The molecule has 0 amide bonds. The first-order chi connectivity index (χ1) is 15.0.